The summed E-state index contributed by atoms with van der Waals surface area (Å²) in [5.41, 5.74) is 0.351. The summed E-state index contributed by atoms with van der Waals surface area (Å²) in [4.78, 5) is 13.0. The fourth-order valence-electron chi connectivity index (χ4n) is 3.00. The molecule has 20 heavy (non-hydrogen) atoms. The van der Waals surface area contributed by atoms with Crippen molar-refractivity contribution in [1.82, 2.24) is 5.32 Å². The van der Waals surface area contributed by atoms with E-state index in [9.17, 15) is 4.79 Å². The molecule has 3 nitrogen and oxygen atoms in total. The van der Waals surface area contributed by atoms with Gasteiger partial charge in [0.15, 0.2) is 5.78 Å². The van der Waals surface area contributed by atoms with Crippen molar-refractivity contribution in [3.63, 3.8) is 0 Å². The Morgan fingerprint density at radius 1 is 1.30 bits per heavy atom. The summed E-state index contributed by atoms with van der Waals surface area (Å²) in [6.45, 7) is 5.79. The molecule has 0 saturated carbocycles. The number of para-hydroxylation sites is 1. The number of ketones is 1. The number of ether oxygens (including phenoxy) is 1. The van der Waals surface area contributed by atoms with E-state index in [1.54, 1.807) is 0 Å². The minimum atomic E-state index is -0.375. The zero-order valence-corrected chi connectivity index (χ0v) is 12.6. The molecule has 1 atom stereocenters. The normalized spacial score (nSPS) is 21.9. The first-order valence-corrected chi connectivity index (χ1v) is 7.75. The second kappa shape index (κ2) is 6.89. The summed E-state index contributed by atoms with van der Waals surface area (Å²) in [6, 6.07) is 7.64. The van der Waals surface area contributed by atoms with Crippen LogP contribution in [0.5, 0.6) is 5.75 Å². The topological polar surface area (TPSA) is 38.3 Å². The first-order valence-electron chi connectivity index (χ1n) is 7.75. The fraction of sp³-hybridized carbons (Fsp3) is 0.588. The smallest absolute Gasteiger partial charge is 0.186 e. The minimum absolute atomic E-state index is 0.198. The molecule has 1 aromatic carbocycles. The molecule has 1 aromatic rings. The van der Waals surface area contributed by atoms with Crippen molar-refractivity contribution in [3.05, 3.63) is 29.8 Å². The maximum Gasteiger partial charge on any atom is 0.186 e. The lowest BCUT2D eigenvalue weighted by Gasteiger charge is -2.28. The van der Waals surface area contributed by atoms with E-state index in [1.165, 1.54) is 0 Å². The van der Waals surface area contributed by atoms with Crippen LogP contribution in [-0.4, -0.2) is 24.5 Å². The Labute approximate surface area is 121 Å². The van der Waals surface area contributed by atoms with Crippen molar-refractivity contribution in [3.8, 4) is 5.75 Å². The lowest BCUT2D eigenvalue weighted by Crippen LogP contribution is -2.47. The van der Waals surface area contributed by atoms with E-state index in [2.05, 4.69) is 19.2 Å². The van der Waals surface area contributed by atoms with Gasteiger partial charge in [0.25, 0.3) is 0 Å². The molecule has 1 saturated heterocycles. The number of hydrogen-bond acceptors (Lipinski definition) is 3. The monoisotopic (exact) mass is 275 g/mol. The molecule has 1 fully saturated rings. The molecule has 110 valence electrons. The van der Waals surface area contributed by atoms with Crippen molar-refractivity contribution in [2.24, 2.45) is 0 Å². The summed E-state index contributed by atoms with van der Waals surface area (Å²) >= 11 is 0. The molecule has 1 aliphatic rings. The van der Waals surface area contributed by atoms with Crippen LogP contribution in [-0.2, 0) is 0 Å². The van der Waals surface area contributed by atoms with Gasteiger partial charge in [0.2, 0.25) is 0 Å². The third-order valence-corrected chi connectivity index (χ3v) is 3.95. The quantitative estimate of drug-likeness (QED) is 0.773. The highest BCUT2D eigenvalue weighted by Gasteiger charge is 2.41. The predicted octanol–water partition coefficient (Wildman–Crippen LogP) is 3.58. The number of rotatable bonds is 7. The molecule has 1 heterocycles. The molecular weight excluding hydrogens is 250 g/mol. The Morgan fingerprint density at radius 3 is 2.75 bits per heavy atom. The van der Waals surface area contributed by atoms with Crippen LogP contribution in [0.2, 0.25) is 0 Å². The van der Waals surface area contributed by atoms with Gasteiger partial charge in [0.05, 0.1) is 17.7 Å². The van der Waals surface area contributed by atoms with Crippen LogP contribution < -0.4 is 10.1 Å². The van der Waals surface area contributed by atoms with Gasteiger partial charge < -0.3 is 10.1 Å². The average molecular weight is 275 g/mol. The Morgan fingerprint density at radius 2 is 2.10 bits per heavy atom. The molecule has 1 unspecified atom stereocenters. The predicted molar refractivity (Wildman–Crippen MR) is 81.4 cm³/mol. The maximum absolute atomic E-state index is 13.0. The van der Waals surface area contributed by atoms with Crippen molar-refractivity contribution < 1.29 is 9.53 Å². The van der Waals surface area contributed by atoms with Crippen LogP contribution in [0.3, 0.4) is 0 Å². The maximum atomic E-state index is 13.0. The fourth-order valence-corrected chi connectivity index (χ4v) is 3.00. The van der Waals surface area contributed by atoms with Gasteiger partial charge in [-0.25, -0.2) is 0 Å². The third-order valence-electron chi connectivity index (χ3n) is 3.95. The Balaban J connectivity index is 2.27. The molecule has 0 amide bonds. The number of carbonyl (C=O) groups excluding carboxylic acids is 1. The van der Waals surface area contributed by atoms with Crippen LogP contribution >= 0.6 is 0 Å². The zero-order valence-electron chi connectivity index (χ0n) is 12.6. The van der Waals surface area contributed by atoms with Crippen LogP contribution in [0, 0.1) is 0 Å². The Bertz CT molecular complexity index is 450. The van der Waals surface area contributed by atoms with Gasteiger partial charge in [0.1, 0.15) is 5.75 Å². The van der Waals surface area contributed by atoms with Gasteiger partial charge in [-0.2, -0.15) is 0 Å². The minimum Gasteiger partial charge on any atom is -0.493 e. The Kier molecular flexibility index (Phi) is 5.18. The van der Waals surface area contributed by atoms with Gasteiger partial charge in [-0.15, -0.1) is 0 Å². The largest absolute Gasteiger partial charge is 0.493 e. The highest BCUT2D eigenvalue weighted by atomic mass is 16.5. The second-order valence-electron chi connectivity index (χ2n) is 5.54. The first kappa shape index (κ1) is 15.0. The molecule has 0 aromatic heterocycles. The van der Waals surface area contributed by atoms with Crippen LogP contribution in [0.1, 0.15) is 56.3 Å². The summed E-state index contributed by atoms with van der Waals surface area (Å²) in [6.07, 6.45) is 4.86. The van der Waals surface area contributed by atoms with Crippen LogP contribution in [0.4, 0.5) is 0 Å². The molecule has 0 aliphatic carbocycles. The van der Waals surface area contributed by atoms with Crippen LogP contribution in [0.15, 0.2) is 24.3 Å². The number of benzene rings is 1. The lowest BCUT2D eigenvalue weighted by atomic mass is 9.83. The van der Waals surface area contributed by atoms with E-state index in [-0.39, 0.29) is 11.3 Å². The third kappa shape index (κ3) is 3.04. The van der Waals surface area contributed by atoms with E-state index in [4.69, 9.17) is 4.74 Å². The van der Waals surface area contributed by atoms with Gasteiger partial charge in [-0.3, -0.25) is 4.79 Å². The van der Waals surface area contributed by atoms with E-state index in [1.807, 2.05) is 24.3 Å². The van der Waals surface area contributed by atoms with Gasteiger partial charge in [0, 0.05) is 0 Å². The molecule has 0 radical (unpaired) electrons. The van der Waals surface area contributed by atoms with E-state index < -0.39 is 0 Å². The highest BCUT2D eigenvalue weighted by molar-refractivity contribution is 6.05. The summed E-state index contributed by atoms with van der Waals surface area (Å²) in [5.74, 6) is 0.923. The standard InChI is InChI=1S/C17H25NO2/c1-3-10-17(11-7-12-18-17)16(19)14-8-5-6-9-15(14)20-13-4-2/h5-6,8-9,18H,3-4,7,10-13H2,1-2H3. The Hall–Kier alpha value is -1.35. The van der Waals surface area contributed by atoms with Gasteiger partial charge >= 0.3 is 0 Å². The van der Waals surface area contributed by atoms with Crippen molar-refractivity contribution in [2.75, 3.05) is 13.2 Å². The first-order chi connectivity index (χ1) is 9.73. The number of carbonyl (C=O) groups is 1. The molecule has 0 bridgehead atoms. The highest BCUT2D eigenvalue weighted by Crippen LogP contribution is 2.32. The van der Waals surface area contributed by atoms with E-state index >= 15 is 0 Å². The summed E-state index contributed by atoms with van der Waals surface area (Å²) in [7, 11) is 0. The summed E-state index contributed by atoms with van der Waals surface area (Å²) in [5, 5.41) is 3.45. The van der Waals surface area contributed by atoms with Crippen molar-refractivity contribution in [2.45, 2.75) is 51.5 Å². The molecule has 1 aliphatic heterocycles. The average Bonchev–Trinajstić information content (AvgIpc) is 2.95. The number of nitrogens with one attached hydrogen (secondary N) is 1. The zero-order chi connectivity index (χ0) is 14.4. The number of Topliss-reactive ketones (excluding diaryl/α,β-unsaturated/α-hetero) is 1. The van der Waals surface area contributed by atoms with E-state index in [0.717, 1.165) is 50.0 Å². The molecule has 0 spiro atoms. The van der Waals surface area contributed by atoms with Gasteiger partial charge in [-0.05, 0) is 44.4 Å². The SMILES string of the molecule is CCCOc1ccccc1C(=O)C1(CCC)CCCN1. The van der Waals surface area contributed by atoms with Crippen molar-refractivity contribution in [1.29, 1.82) is 0 Å². The lowest BCUT2D eigenvalue weighted by molar-refractivity contribution is 0.0853. The van der Waals surface area contributed by atoms with Crippen LogP contribution in [0.25, 0.3) is 0 Å². The second-order valence-corrected chi connectivity index (χ2v) is 5.54. The number of hydrogen-bond donors (Lipinski definition) is 1. The van der Waals surface area contributed by atoms with Crippen molar-refractivity contribution >= 4 is 5.78 Å². The van der Waals surface area contributed by atoms with E-state index in [0.29, 0.717) is 6.61 Å². The summed E-state index contributed by atoms with van der Waals surface area (Å²) < 4.78 is 5.74. The molecule has 3 heteroatoms. The van der Waals surface area contributed by atoms with Gasteiger partial charge in [-0.1, -0.05) is 32.4 Å². The molecule has 1 N–H and O–H groups in total. The molecular formula is C17H25NO2. The molecule has 2 rings (SSSR count).